The standard InChI is InChI=1S/C24H29N5O2/c1-15(2)24(31)25-18-7-8-21-19(10-18)26-22(27(21)3)14-28-11-16-9-17(13-28)20-5-4-6-23(30)29(20)12-16/h4-8,10,15-17H,9,11-14H2,1-3H3,(H,25,31)/t16-,17+/m1/s1. The molecule has 2 aromatic heterocycles. The van der Waals surface area contributed by atoms with Crippen molar-refractivity contribution >= 4 is 22.6 Å². The normalized spacial score (nSPS) is 20.8. The zero-order valence-electron chi connectivity index (χ0n) is 18.3. The number of fused-ring (bicyclic) bond motifs is 5. The van der Waals surface area contributed by atoms with Crippen LogP contribution in [0.4, 0.5) is 5.69 Å². The molecule has 4 heterocycles. The molecule has 0 aliphatic carbocycles. The van der Waals surface area contributed by atoms with Crippen LogP contribution in [0.1, 0.15) is 37.7 Å². The van der Waals surface area contributed by atoms with Gasteiger partial charge in [0.2, 0.25) is 5.91 Å². The largest absolute Gasteiger partial charge is 0.330 e. The Bertz CT molecular complexity index is 1210. The van der Waals surface area contributed by atoms with E-state index >= 15 is 0 Å². The fourth-order valence-electron chi connectivity index (χ4n) is 5.08. The number of aromatic nitrogens is 3. The summed E-state index contributed by atoms with van der Waals surface area (Å²) in [7, 11) is 2.05. The van der Waals surface area contributed by atoms with Crippen molar-refractivity contribution in [2.75, 3.05) is 18.4 Å². The Hall–Kier alpha value is -2.93. The summed E-state index contributed by atoms with van der Waals surface area (Å²) in [5, 5.41) is 2.96. The summed E-state index contributed by atoms with van der Waals surface area (Å²) in [6.07, 6.45) is 1.15. The minimum Gasteiger partial charge on any atom is -0.330 e. The number of carbonyl (C=O) groups excluding carboxylic acids is 1. The molecule has 1 N–H and O–H groups in total. The van der Waals surface area contributed by atoms with E-state index in [1.807, 2.05) is 42.7 Å². The second-order valence-corrected chi connectivity index (χ2v) is 9.33. The zero-order valence-corrected chi connectivity index (χ0v) is 18.3. The van der Waals surface area contributed by atoms with Crippen LogP contribution in [-0.2, 0) is 24.9 Å². The Kier molecular flexibility index (Phi) is 4.93. The van der Waals surface area contributed by atoms with E-state index in [-0.39, 0.29) is 17.4 Å². The fraction of sp³-hybridized carbons (Fsp3) is 0.458. The average Bonchev–Trinajstić information content (AvgIpc) is 3.03. The van der Waals surface area contributed by atoms with Gasteiger partial charge in [0.25, 0.3) is 5.56 Å². The number of amides is 1. The van der Waals surface area contributed by atoms with Gasteiger partial charge in [-0.15, -0.1) is 0 Å². The number of likely N-dealkylation sites (tertiary alicyclic amines) is 1. The Balaban J connectivity index is 1.37. The Morgan fingerprint density at radius 3 is 2.84 bits per heavy atom. The fourth-order valence-corrected chi connectivity index (χ4v) is 5.08. The third-order valence-electron chi connectivity index (χ3n) is 6.69. The molecule has 1 fully saturated rings. The molecule has 0 spiro atoms. The average molecular weight is 420 g/mol. The number of pyridine rings is 1. The number of piperidine rings is 1. The number of rotatable bonds is 4. The van der Waals surface area contributed by atoms with Crippen LogP contribution < -0.4 is 10.9 Å². The van der Waals surface area contributed by atoms with E-state index in [9.17, 15) is 9.59 Å². The van der Waals surface area contributed by atoms with Crippen LogP contribution in [0.2, 0.25) is 0 Å². The van der Waals surface area contributed by atoms with E-state index in [2.05, 4.69) is 27.9 Å². The molecule has 31 heavy (non-hydrogen) atoms. The molecule has 1 aromatic carbocycles. The number of carbonyl (C=O) groups is 1. The van der Waals surface area contributed by atoms with E-state index in [1.165, 1.54) is 5.69 Å². The number of nitrogens with zero attached hydrogens (tertiary/aromatic N) is 4. The number of benzene rings is 1. The third kappa shape index (κ3) is 3.67. The van der Waals surface area contributed by atoms with Gasteiger partial charge < -0.3 is 14.5 Å². The lowest BCUT2D eigenvalue weighted by Crippen LogP contribution is -2.46. The zero-order chi connectivity index (χ0) is 21.7. The minimum absolute atomic E-state index is 0.00903. The monoisotopic (exact) mass is 419 g/mol. The van der Waals surface area contributed by atoms with Crippen molar-refractivity contribution < 1.29 is 4.79 Å². The second kappa shape index (κ2) is 7.64. The molecule has 2 bridgehead atoms. The molecule has 0 unspecified atom stereocenters. The highest BCUT2D eigenvalue weighted by atomic mass is 16.2. The molecule has 3 aromatic rings. The predicted octanol–water partition coefficient (Wildman–Crippen LogP) is 2.95. The molecule has 5 rings (SSSR count). The van der Waals surface area contributed by atoms with Crippen molar-refractivity contribution in [1.29, 1.82) is 0 Å². The van der Waals surface area contributed by atoms with Gasteiger partial charge in [-0.25, -0.2) is 4.98 Å². The van der Waals surface area contributed by atoms with Crippen LogP contribution in [-0.4, -0.2) is 38.0 Å². The third-order valence-corrected chi connectivity index (χ3v) is 6.69. The van der Waals surface area contributed by atoms with Gasteiger partial charge in [-0.3, -0.25) is 14.5 Å². The Morgan fingerprint density at radius 1 is 1.19 bits per heavy atom. The summed E-state index contributed by atoms with van der Waals surface area (Å²) in [5.74, 6) is 1.87. The maximum atomic E-state index is 12.3. The highest BCUT2D eigenvalue weighted by Crippen LogP contribution is 2.35. The number of hydrogen-bond acceptors (Lipinski definition) is 4. The lowest BCUT2D eigenvalue weighted by atomic mass is 9.83. The number of imidazole rings is 1. The predicted molar refractivity (Wildman–Crippen MR) is 121 cm³/mol. The van der Waals surface area contributed by atoms with Crippen LogP contribution in [0.5, 0.6) is 0 Å². The molecular formula is C24H29N5O2. The molecule has 7 nitrogen and oxygen atoms in total. The maximum absolute atomic E-state index is 12.3. The summed E-state index contributed by atoms with van der Waals surface area (Å²) in [6.45, 7) is 7.28. The lowest BCUT2D eigenvalue weighted by Gasteiger charge is -2.42. The van der Waals surface area contributed by atoms with Gasteiger partial charge in [0.1, 0.15) is 5.82 Å². The summed E-state index contributed by atoms with van der Waals surface area (Å²) in [4.78, 5) is 31.6. The number of anilines is 1. The van der Waals surface area contributed by atoms with Crippen molar-refractivity contribution in [3.8, 4) is 0 Å². The molecule has 0 radical (unpaired) electrons. The molecular weight excluding hydrogens is 390 g/mol. The van der Waals surface area contributed by atoms with Crippen molar-refractivity contribution in [2.45, 2.75) is 39.3 Å². The van der Waals surface area contributed by atoms with Crippen LogP contribution in [0.3, 0.4) is 0 Å². The molecule has 162 valence electrons. The number of aryl methyl sites for hydroxylation is 1. The van der Waals surface area contributed by atoms with Crippen molar-refractivity contribution in [1.82, 2.24) is 19.0 Å². The summed E-state index contributed by atoms with van der Waals surface area (Å²) >= 11 is 0. The van der Waals surface area contributed by atoms with Gasteiger partial charge in [-0.1, -0.05) is 19.9 Å². The summed E-state index contributed by atoms with van der Waals surface area (Å²) < 4.78 is 4.12. The maximum Gasteiger partial charge on any atom is 0.250 e. The van der Waals surface area contributed by atoms with Gasteiger partial charge in [0.05, 0.1) is 17.6 Å². The first-order valence-electron chi connectivity index (χ1n) is 11.1. The molecule has 2 aliphatic heterocycles. The van der Waals surface area contributed by atoms with Crippen LogP contribution in [0, 0.1) is 11.8 Å². The van der Waals surface area contributed by atoms with E-state index in [1.54, 1.807) is 6.07 Å². The summed E-state index contributed by atoms with van der Waals surface area (Å²) in [5.41, 5.74) is 4.03. The van der Waals surface area contributed by atoms with Gasteiger partial charge in [-0.05, 0) is 36.6 Å². The first-order valence-corrected chi connectivity index (χ1v) is 11.1. The van der Waals surface area contributed by atoms with Crippen molar-refractivity contribution in [3.63, 3.8) is 0 Å². The van der Waals surface area contributed by atoms with E-state index < -0.39 is 0 Å². The smallest absolute Gasteiger partial charge is 0.250 e. The highest BCUT2D eigenvalue weighted by molar-refractivity contribution is 5.94. The van der Waals surface area contributed by atoms with E-state index in [0.29, 0.717) is 11.8 Å². The summed E-state index contributed by atoms with van der Waals surface area (Å²) in [6, 6.07) is 11.6. The Labute approximate surface area is 181 Å². The molecule has 2 aliphatic rings. The molecule has 2 atom stereocenters. The molecule has 0 saturated carbocycles. The van der Waals surface area contributed by atoms with Crippen molar-refractivity contribution in [3.05, 3.63) is 58.3 Å². The van der Waals surface area contributed by atoms with Gasteiger partial charge >= 0.3 is 0 Å². The van der Waals surface area contributed by atoms with Crippen LogP contribution in [0.25, 0.3) is 11.0 Å². The van der Waals surface area contributed by atoms with Crippen LogP contribution in [0.15, 0.2) is 41.2 Å². The van der Waals surface area contributed by atoms with Gasteiger partial charge in [0.15, 0.2) is 0 Å². The van der Waals surface area contributed by atoms with Crippen LogP contribution >= 0.6 is 0 Å². The topological polar surface area (TPSA) is 72.2 Å². The second-order valence-electron chi connectivity index (χ2n) is 9.33. The Morgan fingerprint density at radius 2 is 2.03 bits per heavy atom. The molecule has 1 saturated heterocycles. The molecule has 1 amide bonds. The van der Waals surface area contributed by atoms with E-state index in [4.69, 9.17) is 4.98 Å². The van der Waals surface area contributed by atoms with Crippen molar-refractivity contribution in [2.24, 2.45) is 18.9 Å². The first kappa shape index (κ1) is 20.0. The van der Waals surface area contributed by atoms with Gasteiger partial charge in [-0.2, -0.15) is 0 Å². The SMILES string of the molecule is CC(C)C(=O)Nc1ccc2c(c1)nc(CN1C[C@H]3C[C@@H](C1)c1cccc(=O)n1C3)n2C. The minimum atomic E-state index is -0.0606. The van der Waals surface area contributed by atoms with E-state index in [0.717, 1.165) is 55.1 Å². The quantitative estimate of drug-likeness (QED) is 0.706. The lowest BCUT2D eigenvalue weighted by molar-refractivity contribution is -0.118. The first-order chi connectivity index (χ1) is 14.9. The van der Waals surface area contributed by atoms with Gasteiger partial charge in [0, 0.05) is 56.0 Å². The molecule has 7 heteroatoms. The number of hydrogen-bond donors (Lipinski definition) is 1. The number of nitrogens with one attached hydrogen (secondary N) is 1. The highest BCUT2D eigenvalue weighted by Gasteiger charge is 2.34.